The number of aryl methyl sites for hydroxylation is 2. The van der Waals surface area contributed by atoms with E-state index in [0.717, 1.165) is 34.9 Å². The maximum absolute atomic E-state index is 12.1. The molecule has 0 fully saturated rings. The van der Waals surface area contributed by atoms with E-state index in [9.17, 15) is 4.79 Å². The zero-order valence-electron chi connectivity index (χ0n) is 11.6. The van der Waals surface area contributed by atoms with E-state index in [-0.39, 0.29) is 5.91 Å². The van der Waals surface area contributed by atoms with Crippen LogP contribution in [0.5, 0.6) is 0 Å². The molecule has 1 aromatic carbocycles. The Balaban J connectivity index is 1.88. The van der Waals surface area contributed by atoms with Crippen LogP contribution in [0.4, 0.5) is 5.69 Å². The molecule has 21 heavy (non-hydrogen) atoms. The van der Waals surface area contributed by atoms with E-state index < -0.39 is 0 Å². The van der Waals surface area contributed by atoms with Gasteiger partial charge in [0.15, 0.2) is 0 Å². The molecule has 3 nitrogen and oxygen atoms in total. The predicted octanol–water partition coefficient (Wildman–Crippen LogP) is 3.58. The lowest BCUT2D eigenvalue weighted by atomic mass is 9.88. The van der Waals surface area contributed by atoms with Gasteiger partial charge in [0, 0.05) is 34.5 Å². The molecule has 0 radical (unpaired) electrons. The first-order valence-corrected chi connectivity index (χ1v) is 8.37. The molecule has 4 heteroatoms. The lowest BCUT2D eigenvalue weighted by Crippen LogP contribution is -2.39. The van der Waals surface area contributed by atoms with Crippen LogP contribution in [-0.2, 0) is 17.6 Å². The first kappa shape index (κ1) is 13.2. The lowest BCUT2D eigenvalue weighted by Gasteiger charge is -2.35. The van der Waals surface area contributed by atoms with Gasteiger partial charge in [-0.1, -0.05) is 0 Å². The van der Waals surface area contributed by atoms with Crippen LogP contribution in [0.1, 0.15) is 24.0 Å². The SMILES string of the molecule is O=C1CCc2cc(-c3cncc([125I])c3)cc3c2N1CCC3. The molecule has 3 heterocycles. The molecule has 4 rings (SSSR count). The van der Waals surface area contributed by atoms with Gasteiger partial charge in [0.1, 0.15) is 0 Å². The molecule has 0 aliphatic carbocycles. The molecule has 1 aromatic heterocycles. The van der Waals surface area contributed by atoms with Crippen LogP contribution in [0.15, 0.2) is 30.6 Å². The van der Waals surface area contributed by atoms with Crippen LogP contribution >= 0.6 is 22.6 Å². The minimum Gasteiger partial charge on any atom is -0.312 e. The molecular weight excluding hydrogens is 373 g/mol. The van der Waals surface area contributed by atoms with E-state index in [0.29, 0.717) is 6.42 Å². The number of amides is 1. The third-order valence-electron chi connectivity index (χ3n) is 4.31. The number of pyridine rings is 1. The van der Waals surface area contributed by atoms with Gasteiger partial charge in [0.05, 0.1) is 5.69 Å². The van der Waals surface area contributed by atoms with Gasteiger partial charge in [-0.3, -0.25) is 9.78 Å². The molecule has 0 N–H and O–H groups in total. The molecule has 2 aliphatic rings. The van der Waals surface area contributed by atoms with Crippen molar-refractivity contribution in [1.82, 2.24) is 4.98 Å². The molecule has 0 atom stereocenters. The summed E-state index contributed by atoms with van der Waals surface area (Å²) >= 11 is 2.30. The summed E-state index contributed by atoms with van der Waals surface area (Å²) in [4.78, 5) is 18.4. The Hall–Kier alpha value is -1.43. The number of benzene rings is 1. The highest BCUT2D eigenvalue weighted by molar-refractivity contribution is 14.1. The molecule has 1 amide bonds. The maximum Gasteiger partial charge on any atom is 0.227 e. The highest BCUT2D eigenvalue weighted by Gasteiger charge is 2.29. The Bertz CT molecular complexity index is 724. The van der Waals surface area contributed by atoms with E-state index in [1.807, 2.05) is 17.3 Å². The number of carbonyl (C=O) groups excluding carboxylic acids is 1. The summed E-state index contributed by atoms with van der Waals surface area (Å²) in [6.07, 6.45) is 7.42. The van der Waals surface area contributed by atoms with E-state index in [2.05, 4.69) is 45.8 Å². The summed E-state index contributed by atoms with van der Waals surface area (Å²) in [7, 11) is 0. The van der Waals surface area contributed by atoms with Crippen molar-refractivity contribution in [2.45, 2.75) is 25.7 Å². The van der Waals surface area contributed by atoms with Gasteiger partial charge in [-0.2, -0.15) is 0 Å². The van der Waals surface area contributed by atoms with Gasteiger partial charge in [0.2, 0.25) is 5.91 Å². The summed E-state index contributed by atoms with van der Waals surface area (Å²) < 4.78 is 1.15. The van der Waals surface area contributed by atoms with Crippen LogP contribution in [-0.4, -0.2) is 17.4 Å². The zero-order valence-corrected chi connectivity index (χ0v) is 13.8. The minimum atomic E-state index is 0.284. The summed E-state index contributed by atoms with van der Waals surface area (Å²) in [6, 6.07) is 6.66. The Morgan fingerprint density at radius 2 is 1.81 bits per heavy atom. The monoisotopic (exact) mass is 388 g/mol. The number of nitrogens with zero attached hydrogens (tertiary/aromatic N) is 2. The fourth-order valence-corrected chi connectivity index (χ4v) is 3.89. The van der Waals surface area contributed by atoms with Crippen molar-refractivity contribution < 1.29 is 4.79 Å². The second-order valence-corrected chi connectivity index (χ2v) is 6.93. The molecule has 0 unspecified atom stereocenters. The molecule has 0 bridgehead atoms. The average molecular weight is 388 g/mol. The largest absolute Gasteiger partial charge is 0.312 e. The van der Waals surface area contributed by atoms with Gasteiger partial charge in [-0.05, 0) is 76.7 Å². The topological polar surface area (TPSA) is 33.2 Å². The van der Waals surface area contributed by atoms with Crippen LogP contribution in [0, 0.1) is 3.57 Å². The third-order valence-corrected chi connectivity index (χ3v) is 4.90. The van der Waals surface area contributed by atoms with Gasteiger partial charge in [-0.25, -0.2) is 0 Å². The van der Waals surface area contributed by atoms with Crippen molar-refractivity contribution >= 4 is 34.2 Å². The molecule has 2 aromatic rings. The lowest BCUT2D eigenvalue weighted by molar-refractivity contribution is -0.119. The number of carbonyl (C=O) groups is 1. The van der Waals surface area contributed by atoms with Gasteiger partial charge in [0.25, 0.3) is 0 Å². The van der Waals surface area contributed by atoms with E-state index in [1.165, 1.54) is 22.4 Å². The summed E-state index contributed by atoms with van der Waals surface area (Å²) in [5.41, 5.74) is 6.22. The first-order valence-electron chi connectivity index (χ1n) is 7.29. The number of rotatable bonds is 1. The number of aromatic nitrogens is 1. The number of anilines is 1. The quantitative estimate of drug-likeness (QED) is 0.700. The van der Waals surface area contributed by atoms with Crippen molar-refractivity contribution in [3.63, 3.8) is 0 Å². The van der Waals surface area contributed by atoms with Crippen molar-refractivity contribution in [3.05, 3.63) is 45.3 Å². The molecular formula is C17H15IN2O. The summed E-state index contributed by atoms with van der Waals surface area (Å²) in [5.74, 6) is 0.284. The Labute approximate surface area is 137 Å². The van der Waals surface area contributed by atoms with Gasteiger partial charge >= 0.3 is 0 Å². The Kier molecular flexibility index (Phi) is 3.21. The fraction of sp³-hybridized carbons (Fsp3) is 0.294. The van der Waals surface area contributed by atoms with E-state index in [4.69, 9.17) is 0 Å². The highest BCUT2D eigenvalue weighted by Crippen LogP contribution is 2.38. The fourth-order valence-electron chi connectivity index (χ4n) is 3.39. The minimum absolute atomic E-state index is 0.284. The standard InChI is InChI=1S/C17H15IN2O/c18-15-8-14(9-19-10-15)13-6-11-2-1-5-20-16(21)4-3-12(7-13)17(11)20/h6-10H,1-5H2/i18-2. The van der Waals surface area contributed by atoms with Gasteiger partial charge < -0.3 is 4.90 Å². The summed E-state index contributed by atoms with van der Waals surface area (Å²) in [5, 5.41) is 0. The van der Waals surface area contributed by atoms with E-state index >= 15 is 0 Å². The molecule has 106 valence electrons. The van der Waals surface area contributed by atoms with E-state index in [1.54, 1.807) is 0 Å². The molecule has 2 aliphatic heterocycles. The third kappa shape index (κ3) is 2.25. The predicted molar refractivity (Wildman–Crippen MR) is 91.4 cm³/mol. The zero-order chi connectivity index (χ0) is 14.4. The number of hydrogen-bond acceptors (Lipinski definition) is 2. The summed E-state index contributed by atoms with van der Waals surface area (Å²) in [6.45, 7) is 0.878. The van der Waals surface area contributed by atoms with Crippen LogP contribution in [0.2, 0.25) is 0 Å². The number of halogens is 1. The molecule has 0 saturated heterocycles. The van der Waals surface area contributed by atoms with Gasteiger partial charge in [-0.15, -0.1) is 0 Å². The van der Waals surface area contributed by atoms with Crippen LogP contribution < -0.4 is 4.90 Å². The second-order valence-electron chi connectivity index (χ2n) is 5.68. The van der Waals surface area contributed by atoms with Crippen LogP contribution in [0.25, 0.3) is 11.1 Å². The Morgan fingerprint density at radius 3 is 2.62 bits per heavy atom. The van der Waals surface area contributed by atoms with Crippen molar-refractivity contribution in [2.75, 3.05) is 11.4 Å². The molecule has 0 spiro atoms. The first-order chi connectivity index (χ1) is 10.2. The smallest absolute Gasteiger partial charge is 0.227 e. The van der Waals surface area contributed by atoms with Crippen molar-refractivity contribution in [3.8, 4) is 11.1 Å². The van der Waals surface area contributed by atoms with Crippen molar-refractivity contribution in [1.29, 1.82) is 0 Å². The van der Waals surface area contributed by atoms with Crippen LogP contribution in [0.3, 0.4) is 0 Å². The maximum atomic E-state index is 12.1. The second kappa shape index (κ2) is 5.09. The number of hydrogen-bond donors (Lipinski definition) is 0. The average Bonchev–Trinajstić information content (AvgIpc) is 2.50. The van der Waals surface area contributed by atoms with Crippen molar-refractivity contribution in [2.24, 2.45) is 0 Å². The molecule has 0 saturated carbocycles. The Morgan fingerprint density at radius 1 is 1.00 bits per heavy atom. The highest BCUT2D eigenvalue weighted by atomic mass is 125. The normalized spacial score (nSPS) is 16.8.